The molecule has 0 radical (unpaired) electrons. The van der Waals surface area contributed by atoms with E-state index in [2.05, 4.69) is 0 Å². The number of fused-ring (bicyclic) bond motifs is 2. The van der Waals surface area contributed by atoms with Gasteiger partial charge in [0.2, 0.25) is 0 Å². The smallest absolute Gasteiger partial charge is 0.150 e. The maximum absolute atomic E-state index is 10.6. The van der Waals surface area contributed by atoms with E-state index in [-0.39, 0.29) is 0 Å². The van der Waals surface area contributed by atoms with Crippen LogP contribution in [0.25, 0.3) is 21.5 Å². The molecule has 0 N–H and O–H groups in total. The van der Waals surface area contributed by atoms with Crippen LogP contribution in [0.15, 0.2) is 60.7 Å². The molecule has 28 heavy (non-hydrogen) atoms. The topological polar surface area (TPSA) is 34.1 Å². The summed E-state index contributed by atoms with van der Waals surface area (Å²) in [6, 6.07) is 17.6. The molecule has 0 fully saturated rings. The quantitative estimate of drug-likeness (QED) is 0.291. The summed E-state index contributed by atoms with van der Waals surface area (Å²) >= 11 is 23.7. The van der Waals surface area contributed by atoms with E-state index in [0.29, 0.717) is 31.2 Å². The summed E-state index contributed by atoms with van der Waals surface area (Å²) in [7, 11) is 0. The van der Waals surface area contributed by atoms with Crippen LogP contribution in [0.4, 0.5) is 0 Å². The molecule has 0 heterocycles. The SMILES string of the molecule is O=Cc1ccc2c(Cl)ccc(Cl)c2c1.O=Cc1ccc2cc(Cl)c(Cl)cc2c1. The van der Waals surface area contributed by atoms with Gasteiger partial charge in [-0.15, -0.1) is 0 Å². The maximum Gasteiger partial charge on any atom is 0.150 e. The summed E-state index contributed by atoms with van der Waals surface area (Å²) in [5.74, 6) is 0. The van der Waals surface area contributed by atoms with E-state index in [1.165, 1.54) is 0 Å². The fraction of sp³-hybridized carbons (Fsp3) is 0. The van der Waals surface area contributed by atoms with Crippen LogP contribution in [-0.2, 0) is 0 Å². The standard InChI is InChI=1S/2C11H6Cl2O/c12-10-4-8-2-1-7(6-14)3-9(8)5-11(10)13;12-10-3-4-11(13)9-5-7(6-14)1-2-8(9)10/h2*1-6H. The first-order chi connectivity index (χ1) is 13.4. The fourth-order valence-corrected chi connectivity index (χ4v) is 3.49. The van der Waals surface area contributed by atoms with Crippen molar-refractivity contribution in [2.45, 2.75) is 0 Å². The number of halogens is 4. The summed E-state index contributed by atoms with van der Waals surface area (Å²) in [6.07, 6.45) is 1.60. The van der Waals surface area contributed by atoms with Crippen molar-refractivity contribution in [3.8, 4) is 0 Å². The maximum atomic E-state index is 10.6. The number of carbonyl (C=O) groups is 2. The first-order valence-corrected chi connectivity index (χ1v) is 9.61. The van der Waals surface area contributed by atoms with Gasteiger partial charge in [-0.05, 0) is 47.2 Å². The van der Waals surface area contributed by atoms with E-state index in [1.807, 2.05) is 6.07 Å². The highest BCUT2D eigenvalue weighted by molar-refractivity contribution is 6.43. The Hall–Kier alpha value is -2.10. The Morgan fingerprint density at radius 3 is 1.68 bits per heavy atom. The van der Waals surface area contributed by atoms with Crippen molar-refractivity contribution in [1.29, 1.82) is 0 Å². The summed E-state index contributed by atoms with van der Waals surface area (Å²) in [5, 5.41) is 5.85. The van der Waals surface area contributed by atoms with Gasteiger partial charge >= 0.3 is 0 Å². The lowest BCUT2D eigenvalue weighted by Crippen LogP contribution is -1.81. The van der Waals surface area contributed by atoms with Crippen LogP contribution in [0.2, 0.25) is 20.1 Å². The van der Waals surface area contributed by atoms with E-state index < -0.39 is 0 Å². The highest BCUT2D eigenvalue weighted by Crippen LogP contribution is 2.30. The largest absolute Gasteiger partial charge is 0.298 e. The van der Waals surface area contributed by atoms with Gasteiger partial charge in [-0.25, -0.2) is 0 Å². The molecule has 0 aliphatic carbocycles. The summed E-state index contributed by atoms with van der Waals surface area (Å²) in [6.45, 7) is 0. The van der Waals surface area contributed by atoms with E-state index >= 15 is 0 Å². The lowest BCUT2D eigenvalue weighted by Gasteiger charge is -2.02. The molecule has 0 bridgehead atoms. The zero-order chi connectivity index (χ0) is 20.3. The minimum atomic E-state index is 0.502. The van der Waals surface area contributed by atoms with Crippen molar-refractivity contribution in [1.82, 2.24) is 0 Å². The van der Waals surface area contributed by atoms with Gasteiger partial charge in [0.1, 0.15) is 12.6 Å². The van der Waals surface area contributed by atoms with Crippen molar-refractivity contribution in [3.05, 3.63) is 91.9 Å². The highest BCUT2D eigenvalue weighted by Gasteiger charge is 2.04. The second-order valence-electron chi connectivity index (χ2n) is 5.94. The summed E-state index contributed by atoms with van der Waals surface area (Å²) in [4.78, 5) is 21.1. The summed E-state index contributed by atoms with van der Waals surface area (Å²) in [5.41, 5.74) is 1.23. The van der Waals surface area contributed by atoms with Crippen LogP contribution < -0.4 is 0 Å². The van der Waals surface area contributed by atoms with E-state index in [0.717, 1.165) is 34.1 Å². The van der Waals surface area contributed by atoms with Gasteiger partial charge in [0.15, 0.2) is 0 Å². The average molecular weight is 450 g/mol. The van der Waals surface area contributed by atoms with E-state index in [1.54, 1.807) is 54.6 Å². The molecule has 0 spiro atoms. The van der Waals surface area contributed by atoms with Crippen LogP contribution in [0.5, 0.6) is 0 Å². The highest BCUT2D eigenvalue weighted by atomic mass is 35.5. The number of hydrogen-bond donors (Lipinski definition) is 0. The predicted molar refractivity (Wildman–Crippen MR) is 119 cm³/mol. The van der Waals surface area contributed by atoms with Crippen molar-refractivity contribution in [2.75, 3.05) is 0 Å². The first-order valence-electron chi connectivity index (χ1n) is 8.10. The predicted octanol–water partition coefficient (Wildman–Crippen LogP) is 7.92. The molecule has 0 aromatic heterocycles. The molecule has 4 rings (SSSR count). The van der Waals surface area contributed by atoms with E-state index in [4.69, 9.17) is 46.4 Å². The van der Waals surface area contributed by atoms with Crippen molar-refractivity contribution >= 4 is 80.5 Å². The molecule has 2 nitrogen and oxygen atoms in total. The molecular weight excluding hydrogens is 438 g/mol. The lowest BCUT2D eigenvalue weighted by atomic mass is 10.1. The summed E-state index contributed by atoms with van der Waals surface area (Å²) < 4.78 is 0. The Morgan fingerprint density at radius 2 is 1.04 bits per heavy atom. The Balaban J connectivity index is 0.000000161. The van der Waals surface area contributed by atoms with Gasteiger partial charge in [0.05, 0.1) is 10.0 Å². The molecule has 140 valence electrons. The second kappa shape index (κ2) is 8.93. The molecule has 0 amide bonds. The normalized spacial score (nSPS) is 10.4. The minimum Gasteiger partial charge on any atom is -0.298 e. The van der Waals surface area contributed by atoms with Gasteiger partial charge < -0.3 is 0 Å². The zero-order valence-electron chi connectivity index (χ0n) is 14.3. The minimum absolute atomic E-state index is 0.502. The fourth-order valence-electron chi connectivity index (χ4n) is 2.70. The average Bonchev–Trinajstić information content (AvgIpc) is 2.71. The van der Waals surface area contributed by atoms with Gasteiger partial charge in [-0.2, -0.15) is 0 Å². The van der Waals surface area contributed by atoms with Crippen molar-refractivity contribution in [3.63, 3.8) is 0 Å². The Bertz CT molecular complexity index is 1200. The third-order valence-electron chi connectivity index (χ3n) is 4.11. The van der Waals surface area contributed by atoms with E-state index in [9.17, 15) is 9.59 Å². The molecule has 0 aliphatic rings. The first kappa shape index (κ1) is 20.6. The number of hydrogen-bond acceptors (Lipinski definition) is 2. The lowest BCUT2D eigenvalue weighted by molar-refractivity contribution is 0.111. The number of rotatable bonds is 2. The molecule has 6 heteroatoms. The molecule has 0 saturated heterocycles. The monoisotopic (exact) mass is 448 g/mol. The van der Waals surface area contributed by atoms with Crippen molar-refractivity contribution < 1.29 is 9.59 Å². The zero-order valence-corrected chi connectivity index (χ0v) is 17.3. The Kier molecular flexibility index (Phi) is 6.58. The molecule has 4 aromatic rings. The molecule has 0 aliphatic heterocycles. The number of aldehydes is 2. The van der Waals surface area contributed by atoms with Crippen LogP contribution in [0.3, 0.4) is 0 Å². The van der Waals surface area contributed by atoms with Gasteiger partial charge in [0, 0.05) is 31.9 Å². The molecule has 0 atom stereocenters. The molecule has 4 aromatic carbocycles. The number of carbonyl (C=O) groups excluding carboxylic acids is 2. The van der Waals surface area contributed by atoms with Gasteiger partial charge in [0.25, 0.3) is 0 Å². The molecular formula is C22H12Cl4O2. The Labute approximate surface area is 181 Å². The van der Waals surface area contributed by atoms with Crippen LogP contribution in [0.1, 0.15) is 20.7 Å². The van der Waals surface area contributed by atoms with Crippen LogP contribution in [-0.4, -0.2) is 12.6 Å². The second-order valence-corrected chi connectivity index (χ2v) is 7.57. The van der Waals surface area contributed by atoms with Gasteiger partial charge in [-0.3, -0.25) is 9.59 Å². The van der Waals surface area contributed by atoms with Crippen LogP contribution >= 0.6 is 46.4 Å². The third kappa shape index (κ3) is 4.48. The molecule has 0 saturated carbocycles. The van der Waals surface area contributed by atoms with Crippen LogP contribution in [0, 0.1) is 0 Å². The third-order valence-corrected chi connectivity index (χ3v) is 5.49. The number of benzene rings is 4. The van der Waals surface area contributed by atoms with Crippen molar-refractivity contribution in [2.24, 2.45) is 0 Å². The van der Waals surface area contributed by atoms with Gasteiger partial charge in [-0.1, -0.05) is 70.7 Å². The Morgan fingerprint density at radius 1 is 0.500 bits per heavy atom. The molecule has 0 unspecified atom stereocenters.